The van der Waals surface area contributed by atoms with Gasteiger partial charge in [-0.3, -0.25) is 9.69 Å². The minimum absolute atomic E-state index is 0.114. The number of nitrogens with zero attached hydrogens (tertiary/aromatic N) is 2. The fourth-order valence-electron chi connectivity index (χ4n) is 5.11. The summed E-state index contributed by atoms with van der Waals surface area (Å²) in [7, 11) is 3.41. The van der Waals surface area contributed by atoms with Crippen LogP contribution in [0.25, 0.3) is 11.1 Å². The molecule has 176 valence electrons. The molecule has 1 saturated heterocycles. The van der Waals surface area contributed by atoms with E-state index in [0.29, 0.717) is 31.5 Å². The zero-order valence-electron chi connectivity index (χ0n) is 19.9. The first-order chi connectivity index (χ1) is 16.2. The summed E-state index contributed by atoms with van der Waals surface area (Å²) in [4.78, 5) is 17.6. The van der Waals surface area contributed by atoms with Crippen molar-refractivity contribution in [2.45, 2.75) is 25.8 Å². The van der Waals surface area contributed by atoms with Gasteiger partial charge < -0.3 is 14.4 Å². The van der Waals surface area contributed by atoms with E-state index in [0.717, 1.165) is 50.2 Å². The van der Waals surface area contributed by atoms with Crippen LogP contribution < -0.4 is 4.74 Å². The first kappa shape index (κ1) is 23.5. The standard InChI is InChI=1S/C28H36N2O3/c1-32-20-19-30-16-6-5-8-26(28(30)31)24-14-17-29(18-15-24)21-22-10-12-23(13-11-22)25-7-3-4-9-27(25)33-2/h3-7,9-13,24,26H,8,14-21H2,1-2H3. The summed E-state index contributed by atoms with van der Waals surface area (Å²) in [6.07, 6.45) is 7.38. The van der Waals surface area contributed by atoms with Crippen molar-refractivity contribution in [1.82, 2.24) is 9.80 Å². The molecule has 0 N–H and O–H groups in total. The Balaban J connectivity index is 1.32. The van der Waals surface area contributed by atoms with Gasteiger partial charge in [-0.1, -0.05) is 54.6 Å². The first-order valence-electron chi connectivity index (χ1n) is 12.1. The van der Waals surface area contributed by atoms with Crippen LogP contribution in [-0.4, -0.2) is 62.7 Å². The monoisotopic (exact) mass is 448 g/mol. The number of methoxy groups -OCH3 is 2. The molecule has 2 aromatic carbocycles. The van der Waals surface area contributed by atoms with Crippen molar-refractivity contribution in [3.05, 3.63) is 66.2 Å². The number of benzene rings is 2. The molecule has 0 radical (unpaired) electrons. The lowest BCUT2D eigenvalue weighted by Gasteiger charge is -2.36. The number of amides is 1. The Morgan fingerprint density at radius 3 is 2.45 bits per heavy atom. The van der Waals surface area contributed by atoms with Crippen LogP contribution in [0, 0.1) is 11.8 Å². The fourth-order valence-corrected chi connectivity index (χ4v) is 5.11. The summed E-state index contributed by atoms with van der Waals surface area (Å²) >= 11 is 0. The molecule has 0 bridgehead atoms. The lowest BCUT2D eigenvalue weighted by molar-refractivity contribution is -0.137. The van der Waals surface area contributed by atoms with Crippen LogP contribution in [-0.2, 0) is 16.1 Å². The van der Waals surface area contributed by atoms with E-state index in [2.05, 4.69) is 47.4 Å². The molecular weight excluding hydrogens is 412 g/mol. The van der Waals surface area contributed by atoms with E-state index in [-0.39, 0.29) is 5.92 Å². The highest BCUT2D eigenvalue weighted by atomic mass is 16.5. The molecule has 5 heteroatoms. The molecule has 2 aliphatic heterocycles. The van der Waals surface area contributed by atoms with Crippen LogP contribution in [0.2, 0.25) is 0 Å². The Hall–Kier alpha value is -2.63. The van der Waals surface area contributed by atoms with Gasteiger partial charge in [-0.15, -0.1) is 0 Å². The zero-order chi connectivity index (χ0) is 23.0. The SMILES string of the molecule is COCCN1CC=CCC(C2CCN(Cc3ccc(-c4ccccc4OC)cc3)CC2)C1=O. The summed E-state index contributed by atoms with van der Waals surface area (Å²) < 4.78 is 10.7. The molecule has 1 atom stereocenters. The minimum Gasteiger partial charge on any atom is -0.496 e. The Morgan fingerprint density at radius 1 is 0.970 bits per heavy atom. The van der Waals surface area contributed by atoms with Gasteiger partial charge in [-0.2, -0.15) is 0 Å². The largest absolute Gasteiger partial charge is 0.496 e. The predicted molar refractivity (Wildman–Crippen MR) is 132 cm³/mol. The van der Waals surface area contributed by atoms with E-state index < -0.39 is 0 Å². The lowest BCUT2D eigenvalue weighted by Crippen LogP contribution is -2.43. The van der Waals surface area contributed by atoms with Crippen molar-refractivity contribution >= 4 is 5.91 Å². The summed E-state index contributed by atoms with van der Waals surface area (Å²) in [5.74, 6) is 1.79. The number of carbonyl (C=O) groups is 1. The van der Waals surface area contributed by atoms with Crippen molar-refractivity contribution in [1.29, 1.82) is 0 Å². The Labute approximate surface area is 198 Å². The summed E-state index contributed by atoms with van der Waals surface area (Å²) in [5, 5.41) is 0. The van der Waals surface area contributed by atoms with E-state index >= 15 is 0 Å². The summed E-state index contributed by atoms with van der Waals surface area (Å²) in [6.45, 7) is 5.04. The highest BCUT2D eigenvalue weighted by molar-refractivity contribution is 5.80. The molecule has 0 aliphatic carbocycles. The van der Waals surface area contributed by atoms with Crippen molar-refractivity contribution in [2.24, 2.45) is 11.8 Å². The third-order valence-electron chi connectivity index (χ3n) is 7.06. The number of hydrogen-bond donors (Lipinski definition) is 0. The predicted octanol–water partition coefficient (Wildman–Crippen LogP) is 4.63. The van der Waals surface area contributed by atoms with Crippen molar-refractivity contribution in [3.8, 4) is 16.9 Å². The molecule has 5 nitrogen and oxygen atoms in total. The summed E-state index contributed by atoms with van der Waals surface area (Å²) in [5.41, 5.74) is 3.62. The zero-order valence-corrected chi connectivity index (χ0v) is 19.9. The molecule has 2 aromatic rings. The van der Waals surface area contributed by atoms with E-state index in [9.17, 15) is 4.79 Å². The number of piperidine rings is 1. The maximum atomic E-state index is 13.1. The number of likely N-dealkylation sites (tertiary alicyclic amines) is 1. The maximum absolute atomic E-state index is 13.1. The van der Waals surface area contributed by atoms with E-state index in [1.165, 1.54) is 11.1 Å². The Bertz CT molecular complexity index is 932. The smallest absolute Gasteiger partial charge is 0.226 e. The van der Waals surface area contributed by atoms with Crippen LogP contribution in [0.3, 0.4) is 0 Å². The molecule has 1 unspecified atom stereocenters. The number of allylic oxidation sites excluding steroid dienone is 1. The van der Waals surface area contributed by atoms with Crippen molar-refractivity contribution < 1.29 is 14.3 Å². The Morgan fingerprint density at radius 2 is 1.73 bits per heavy atom. The number of carbonyl (C=O) groups excluding carboxylic acids is 1. The van der Waals surface area contributed by atoms with Crippen LogP contribution in [0.15, 0.2) is 60.7 Å². The number of rotatable bonds is 8. The third-order valence-corrected chi connectivity index (χ3v) is 7.06. The molecule has 0 aromatic heterocycles. The highest BCUT2D eigenvalue weighted by Crippen LogP contribution is 2.32. The maximum Gasteiger partial charge on any atom is 0.226 e. The van der Waals surface area contributed by atoms with Gasteiger partial charge in [-0.05, 0) is 55.5 Å². The van der Waals surface area contributed by atoms with Crippen molar-refractivity contribution in [3.63, 3.8) is 0 Å². The normalized spacial score (nSPS) is 20.1. The third kappa shape index (κ3) is 5.84. The topological polar surface area (TPSA) is 42.0 Å². The molecule has 33 heavy (non-hydrogen) atoms. The second kappa shape index (κ2) is 11.5. The van der Waals surface area contributed by atoms with Gasteiger partial charge >= 0.3 is 0 Å². The molecule has 1 amide bonds. The number of hydrogen-bond acceptors (Lipinski definition) is 4. The molecule has 4 rings (SSSR count). The van der Waals surface area contributed by atoms with Gasteiger partial charge in [0.05, 0.1) is 13.7 Å². The quantitative estimate of drug-likeness (QED) is 0.553. The second-order valence-electron chi connectivity index (χ2n) is 9.10. The average molecular weight is 449 g/mol. The molecule has 2 aliphatic rings. The molecule has 1 fully saturated rings. The fraction of sp³-hybridized carbons (Fsp3) is 0.464. The van der Waals surface area contributed by atoms with Gasteiger partial charge in [0.2, 0.25) is 5.91 Å². The van der Waals surface area contributed by atoms with E-state index in [4.69, 9.17) is 9.47 Å². The minimum atomic E-state index is 0.114. The lowest BCUT2D eigenvalue weighted by atomic mass is 9.81. The van der Waals surface area contributed by atoms with Crippen LogP contribution >= 0.6 is 0 Å². The Kier molecular flexibility index (Phi) is 8.19. The number of ether oxygens (including phenoxy) is 2. The average Bonchev–Trinajstić information content (AvgIpc) is 3.05. The summed E-state index contributed by atoms with van der Waals surface area (Å²) in [6, 6.07) is 17.0. The van der Waals surface area contributed by atoms with E-state index in [1.807, 2.05) is 23.1 Å². The van der Waals surface area contributed by atoms with E-state index in [1.54, 1.807) is 14.2 Å². The first-order valence-corrected chi connectivity index (χ1v) is 12.1. The second-order valence-corrected chi connectivity index (χ2v) is 9.10. The van der Waals surface area contributed by atoms with Crippen LogP contribution in [0.1, 0.15) is 24.8 Å². The molecule has 2 heterocycles. The highest BCUT2D eigenvalue weighted by Gasteiger charge is 2.33. The van der Waals surface area contributed by atoms with Gasteiger partial charge in [0.1, 0.15) is 5.75 Å². The molecule has 0 spiro atoms. The van der Waals surface area contributed by atoms with Crippen LogP contribution in [0.5, 0.6) is 5.75 Å². The molecular formula is C28H36N2O3. The molecule has 0 saturated carbocycles. The van der Waals surface area contributed by atoms with Gasteiger partial charge in [0, 0.05) is 38.2 Å². The van der Waals surface area contributed by atoms with Crippen molar-refractivity contribution in [2.75, 3.05) is 47.0 Å². The van der Waals surface area contributed by atoms with Gasteiger partial charge in [-0.25, -0.2) is 0 Å². The van der Waals surface area contributed by atoms with Crippen LogP contribution in [0.4, 0.5) is 0 Å². The number of para-hydroxylation sites is 1. The van der Waals surface area contributed by atoms with Gasteiger partial charge in [0.15, 0.2) is 0 Å². The van der Waals surface area contributed by atoms with Gasteiger partial charge in [0.25, 0.3) is 0 Å².